The molecule has 0 aliphatic carbocycles. The minimum Gasteiger partial charge on any atom is -0.491 e. The van der Waals surface area contributed by atoms with Crippen molar-refractivity contribution in [2.24, 2.45) is 0 Å². The highest BCUT2D eigenvalue weighted by Crippen LogP contribution is 2.32. The number of aryl methyl sites for hydroxylation is 1. The molecule has 5 rings (SSSR count). The van der Waals surface area contributed by atoms with E-state index in [9.17, 15) is 14.4 Å². The van der Waals surface area contributed by atoms with Crippen LogP contribution in [0, 0.1) is 0 Å². The second kappa shape index (κ2) is 13.7. The molecule has 4 aromatic rings. The van der Waals surface area contributed by atoms with Crippen molar-refractivity contribution in [3.05, 3.63) is 102 Å². The number of benzene rings is 3. The molecule has 0 atom stereocenters. The van der Waals surface area contributed by atoms with Crippen molar-refractivity contribution < 1.29 is 28.3 Å². The van der Waals surface area contributed by atoms with E-state index in [2.05, 4.69) is 5.32 Å². The van der Waals surface area contributed by atoms with Crippen molar-refractivity contribution in [1.82, 2.24) is 0 Å². The second-order valence-corrected chi connectivity index (χ2v) is 9.98. The van der Waals surface area contributed by atoms with E-state index >= 15 is 0 Å². The van der Waals surface area contributed by atoms with E-state index in [1.165, 1.54) is 0 Å². The first-order chi connectivity index (χ1) is 20.5. The molecule has 0 unspecified atom stereocenters. The van der Waals surface area contributed by atoms with Crippen LogP contribution >= 0.6 is 0 Å². The van der Waals surface area contributed by atoms with E-state index in [0.717, 1.165) is 41.8 Å². The van der Waals surface area contributed by atoms with Crippen LogP contribution in [-0.4, -0.2) is 37.5 Å². The lowest BCUT2D eigenvalue weighted by Gasteiger charge is -2.21. The SMILES string of the molecule is CCOC(=O)CCCOc1cc(C(=O)N2CCCCc3occc32)ccc1NC(=O)c1ccccc1-c1ccccc1. The lowest BCUT2D eigenvalue weighted by Crippen LogP contribution is -2.31. The van der Waals surface area contributed by atoms with E-state index in [-0.39, 0.29) is 30.8 Å². The number of carbonyl (C=O) groups is 3. The molecule has 3 aromatic carbocycles. The first kappa shape index (κ1) is 28.7. The van der Waals surface area contributed by atoms with Gasteiger partial charge in [0, 0.05) is 36.6 Å². The van der Waals surface area contributed by atoms with E-state index in [1.807, 2.05) is 54.6 Å². The van der Waals surface area contributed by atoms with Gasteiger partial charge in [0.25, 0.3) is 11.8 Å². The fourth-order valence-corrected chi connectivity index (χ4v) is 5.05. The van der Waals surface area contributed by atoms with Crippen LogP contribution in [0.25, 0.3) is 11.1 Å². The van der Waals surface area contributed by atoms with Crippen LogP contribution in [0.5, 0.6) is 5.75 Å². The molecule has 8 heteroatoms. The standard InChI is InChI=1S/C34H34N2O6/c1-2-40-32(37)16-10-21-41-31-23-25(34(39)36-20-9-8-15-30-29(36)19-22-42-30)17-18-28(31)35-33(38)27-14-7-6-13-26(27)24-11-4-3-5-12-24/h3-7,11-14,17-19,22-23H,2,8-10,15-16,20-21H2,1H3,(H,35,38). The summed E-state index contributed by atoms with van der Waals surface area (Å²) in [5, 5.41) is 2.98. The summed E-state index contributed by atoms with van der Waals surface area (Å²) in [6.07, 6.45) is 4.83. The summed E-state index contributed by atoms with van der Waals surface area (Å²) >= 11 is 0. The predicted molar refractivity (Wildman–Crippen MR) is 161 cm³/mol. The average Bonchev–Trinajstić information content (AvgIpc) is 3.39. The summed E-state index contributed by atoms with van der Waals surface area (Å²) in [5.41, 5.74) is 3.87. The Morgan fingerprint density at radius 3 is 2.60 bits per heavy atom. The Morgan fingerprint density at radius 2 is 1.76 bits per heavy atom. The fourth-order valence-electron chi connectivity index (χ4n) is 5.05. The van der Waals surface area contributed by atoms with Crippen LogP contribution in [0.15, 0.2) is 89.5 Å². The summed E-state index contributed by atoms with van der Waals surface area (Å²) in [5.74, 6) is 0.367. The molecule has 0 spiro atoms. The zero-order valence-corrected chi connectivity index (χ0v) is 23.6. The Morgan fingerprint density at radius 1 is 0.952 bits per heavy atom. The van der Waals surface area contributed by atoms with Crippen molar-refractivity contribution in [2.75, 3.05) is 30.0 Å². The predicted octanol–water partition coefficient (Wildman–Crippen LogP) is 6.90. The summed E-state index contributed by atoms with van der Waals surface area (Å²) in [7, 11) is 0. The molecule has 42 heavy (non-hydrogen) atoms. The van der Waals surface area contributed by atoms with Gasteiger partial charge in [0.1, 0.15) is 11.5 Å². The minimum atomic E-state index is -0.305. The van der Waals surface area contributed by atoms with Gasteiger partial charge < -0.3 is 24.1 Å². The molecule has 0 saturated heterocycles. The number of amides is 2. The molecule has 8 nitrogen and oxygen atoms in total. The Kier molecular flexibility index (Phi) is 9.33. The van der Waals surface area contributed by atoms with E-state index in [4.69, 9.17) is 13.9 Å². The number of anilines is 2. The van der Waals surface area contributed by atoms with Crippen LogP contribution in [0.4, 0.5) is 11.4 Å². The first-order valence-electron chi connectivity index (χ1n) is 14.3. The van der Waals surface area contributed by atoms with E-state index < -0.39 is 0 Å². The quantitative estimate of drug-likeness (QED) is 0.166. The molecule has 216 valence electrons. The van der Waals surface area contributed by atoms with Gasteiger partial charge in [-0.15, -0.1) is 0 Å². The molecule has 0 bridgehead atoms. The van der Waals surface area contributed by atoms with Gasteiger partial charge >= 0.3 is 5.97 Å². The maximum atomic E-state index is 13.7. The molecular weight excluding hydrogens is 532 g/mol. The molecule has 1 aromatic heterocycles. The highest BCUT2D eigenvalue weighted by molar-refractivity contribution is 6.10. The summed E-state index contributed by atoms with van der Waals surface area (Å²) in [4.78, 5) is 40.8. The molecule has 1 aliphatic rings. The van der Waals surface area contributed by atoms with Gasteiger partial charge in [0.15, 0.2) is 0 Å². The average molecular weight is 567 g/mol. The number of esters is 1. The van der Waals surface area contributed by atoms with Gasteiger partial charge in [-0.3, -0.25) is 14.4 Å². The van der Waals surface area contributed by atoms with Gasteiger partial charge in [-0.05, 0) is 61.6 Å². The number of furan rings is 1. The molecule has 0 saturated carbocycles. The van der Waals surface area contributed by atoms with Crippen molar-refractivity contribution in [3.8, 4) is 16.9 Å². The van der Waals surface area contributed by atoms with Crippen LogP contribution in [0.2, 0.25) is 0 Å². The van der Waals surface area contributed by atoms with Crippen LogP contribution < -0.4 is 15.0 Å². The number of rotatable bonds is 10. The zero-order chi connectivity index (χ0) is 29.3. The highest BCUT2D eigenvalue weighted by atomic mass is 16.5. The van der Waals surface area contributed by atoms with Crippen molar-refractivity contribution in [1.29, 1.82) is 0 Å². The molecule has 2 amide bonds. The molecule has 1 aliphatic heterocycles. The maximum Gasteiger partial charge on any atom is 0.305 e. The van der Waals surface area contributed by atoms with Gasteiger partial charge in [0.05, 0.1) is 30.9 Å². The summed E-state index contributed by atoms with van der Waals surface area (Å²) in [6.45, 7) is 2.86. The smallest absolute Gasteiger partial charge is 0.305 e. The molecule has 1 N–H and O–H groups in total. The number of carbonyl (C=O) groups excluding carboxylic acids is 3. The lowest BCUT2D eigenvalue weighted by atomic mass is 9.99. The third-order valence-corrected chi connectivity index (χ3v) is 7.11. The summed E-state index contributed by atoms with van der Waals surface area (Å²) < 4.78 is 16.7. The second-order valence-electron chi connectivity index (χ2n) is 9.98. The summed E-state index contributed by atoms with van der Waals surface area (Å²) in [6, 6.07) is 24.0. The number of hydrogen-bond acceptors (Lipinski definition) is 6. The molecule has 0 radical (unpaired) electrons. The van der Waals surface area contributed by atoms with E-state index in [0.29, 0.717) is 42.1 Å². The van der Waals surface area contributed by atoms with Crippen LogP contribution in [-0.2, 0) is 16.0 Å². The van der Waals surface area contributed by atoms with Gasteiger partial charge in [-0.25, -0.2) is 0 Å². The first-order valence-corrected chi connectivity index (χ1v) is 14.3. The third kappa shape index (κ3) is 6.71. The van der Waals surface area contributed by atoms with Gasteiger partial charge in [-0.1, -0.05) is 48.5 Å². The van der Waals surface area contributed by atoms with Gasteiger partial charge in [0.2, 0.25) is 0 Å². The molecule has 2 heterocycles. The Labute approximate surface area is 245 Å². The molecule has 0 fully saturated rings. The normalized spacial score (nSPS) is 12.6. The largest absolute Gasteiger partial charge is 0.491 e. The third-order valence-electron chi connectivity index (χ3n) is 7.11. The van der Waals surface area contributed by atoms with Gasteiger partial charge in [-0.2, -0.15) is 0 Å². The zero-order valence-electron chi connectivity index (χ0n) is 23.6. The number of nitrogens with one attached hydrogen (secondary N) is 1. The monoisotopic (exact) mass is 566 g/mol. The Bertz CT molecular complexity index is 1540. The minimum absolute atomic E-state index is 0.178. The van der Waals surface area contributed by atoms with Crippen molar-refractivity contribution in [3.63, 3.8) is 0 Å². The maximum absolute atomic E-state index is 13.7. The van der Waals surface area contributed by atoms with E-state index in [1.54, 1.807) is 42.4 Å². The van der Waals surface area contributed by atoms with Crippen molar-refractivity contribution in [2.45, 2.75) is 39.0 Å². The van der Waals surface area contributed by atoms with Crippen LogP contribution in [0.3, 0.4) is 0 Å². The topological polar surface area (TPSA) is 98.1 Å². The fraction of sp³-hybridized carbons (Fsp3) is 0.265. The Hall–Kier alpha value is -4.85. The number of ether oxygens (including phenoxy) is 2. The number of fused-ring (bicyclic) bond motifs is 1. The van der Waals surface area contributed by atoms with Crippen molar-refractivity contribution >= 4 is 29.2 Å². The molecular formula is C34H34N2O6. The number of hydrogen-bond donors (Lipinski definition) is 1. The van der Waals surface area contributed by atoms with Crippen LogP contribution in [0.1, 0.15) is 59.1 Å². The highest BCUT2D eigenvalue weighted by Gasteiger charge is 2.25. The number of nitrogens with zero attached hydrogens (tertiary/aromatic N) is 1. The lowest BCUT2D eigenvalue weighted by molar-refractivity contribution is -0.143. The Balaban J connectivity index is 1.41.